The number of aliphatic hydroxyl groups excluding tert-OH is 1. The second-order valence-electron chi connectivity index (χ2n) is 7.21. The van der Waals surface area contributed by atoms with Crippen LogP contribution in [-0.4, -0.2) is 36.2 Å². The Balaban J connectivity index is 1.75. The lowest BCUT2D eigenvalue weighted by Gasteiger charge is -2.20. The number of anilines is 1. The first-order valence-corrected chi connectivity index (χ1v) is 10.1. The minimum Gasteiger partial charge on any atom is -0.497 e. The number of hydrogen-bond donors (Lipinski definition) is 3. The topological polar surface area (TPSA) is 83.6 Å². The van der Waals surface area contributed by atoms with Crippen LogP contribution in [0.2, 0.25) is 0 Å². The Kier molecular flexibility index (Phi) is 6.37. The number of para-hydroxylation sites is 1. The molecule has 1 aromatic heterocycles. The highest BCUT2D eigenvalue weighted by molar-refractivity contribution is 6.11. The van der Waals surface area contributed by atoms with Crippen molar-refractivity contribution in [1.29, 1.82) is 0 Å². The van der Waals surface area contributed by atoms with Gasteiger partial charge in [0.2, 0.25) is 0 Å². The number of hydrogen-bond acceptors (Lipinski definition) is 5. The first kappa shape index (κ1) is 21.4. The summed E-state index contributed by atoms with van der Waals surface area (Å²) in [4.78, 5) is 16.8. The zero-order chi connectivity index (χ0) is 22.5. The summed E-state index contributed by atoms with van der Waals surface area (Å²) >= 11 is 0. The van der Waals surface area contributed by atoms with Crippen molar-refractivity contribution in [3.05, 3.63) is 89.9 Å². The van der Waals surface area contributed by atoms with Crippen LogP contribution in [-0.2, 0) is 0 Å². The number of carbonyl (C=O) groups is 1. The SMILES string of the molecule is COc1cc(NC(C(=O)c2c[nH]c3ccccc23)c2cccc(F)c2)cc(OCCO)c1. The summed E-state index contributed by atoms with van der Waals surface area (Å²) in [6, 6.07) is 17.7. The highest BCUT2D eigenvalue weighted by atomic mass is 19.1. The van der Waals surface area contributed by atoms with Crippen molar-refractivity contribution in [2.24, 2.45) is 0 Å². The van der Waals surface area contributed by atoms with Gasteiger partial charge in [-0.25, -0.2) is 4.39 Å². The van der Waals surface area contributed by atoms with Gasteiger partial charge < -0.3 is 24.9 Å². The summed E-state index contributed by atoms with van der Waals surface area (Å²) in [7, 11) is 1.52. The minimum absolute atomic E-state index is 0.119. The number of H-pyrrole nitrogens is 1. The van der Waals surface area contributed by atoms with Crippen molar-refractivity contribution in [1.82, 2.24) is 4.98 Å². The number of carbonyl (C=O) groups excluding carboxylic acids is 1. The van der Waals surface area contributed by atoms with Crippen molar-refractivity contribution in [3.63, 3.8) is 0 Å². The molecule has 0 saturated heterocycles. The van der Waals surface area contributed by atoms with Crippen LogP contribution in [0.5, 0.6) is 11.5 Å². The molecule has 1 heterocycles. The molecule has 0 spiro atoms. The molecule has 7 heteroatoms. The number of methoxy groups -OCH3 is 1. The van der Waals surface area contributed by atoms with Gasteiger partial charge >= 0.3 is 0 Å². The largest absolute Gasteiger partial charge is 0.497 e. The van der Waals surface area contributed by atoms with Crippen LogP contribution in [0, 0.1) is 5.82 Å². The number of nitrogens with one attached hydrogen (secondary N) is 2. The first-order valence-electron chi connectivity index (χ1n) is 10.1. The van der Waals surface area contributed by atoms with E-state index in [1.165, 1.54) is 19.2 Å². The van der Waals surface area contributed by atoms with Gasteiger partial charge in [-0.3, -0.25) is 4.79 Å². The fraction of sp³-hybridized carbons (Fsp3) is 0.160. The molecule has 0 aliphatic carbocycles. The number of Topliss-reactive ketones (excluding diaryl/α,β-unsaturated/α-hetero) is 1. The van der Waals surface area contributed by atoms with E-state index in [0.29, 0.717) is 28.3 Å². The van der Waals surface area contributed by atoms with E-state index in [9.17, 15) is 9.18 Å². The number of ketones is 1. The summed E-state index contributed by atoms with van der Waals surface area (Å²) in [5.41, 5.74) is 2.39. The van der Waals surface area contributed by atoms with Crippen LogP contribution in [0.4, 0.5) is 10.1 Å². The summed E-state index contributed by atoms with van der Waals surface area (Å²) in [6.07, 6.45) is 1.67. The van der Waals surface area contributed by atoms with Crippen molar-refractivity contribution >= 4 is 22.4 Å². The van der Waals surface area contributed by atoms with Gasteiger partial charge in [-0.1, -0.05) is 30.3 Å². The van der Waals surface area contributed by atoms with Crippen LogP contribution in [0.1, 0.15) is 22.0 Å². The molecule has 0 radical (unpaired) electrons. The molecule has 4 aromatic rings. The number of aliphatic hydroxyl groups is 1. The molecule has 0 aliphatic heterocycles. The second kappa shape index (κ2) is 9.53. The van der Waals surface area contributed by atoms with E-state index in [-0.39, 0.29) is 19.0 Å². The lowest BCUT2D eigenvalue weighted by molar-refractivity contribution is 0.0971. The van der Waals surface area contributed by atoms with Crippen LogP contribution >= 0.6 is 0 Å². The van der Waals surface area contributed by atoms with Crippen molar-refractivity contribution in [2.45, 2.75) is 6.04 Å². The summed E-state index contributed by atoms with van der Waals surface area (Å²) in [5, 5.41) is 13.1. The molecule has 0 fully saturated rings. The van der Waals surface area contributed by atoms with Gasteiger partial charge in [0, 0.05) is 46.5 Å². The Morgan fingerprint density at radius 3 is 2.69 bits per heavy atom. The molecular weight excluding hydrogens is 411 g/mol. The molecular formula is C25H23FN2O4. The van der Waals surface area contributed by atoms with Crippen LogP contribution < -0.4 is 14.8 Å². The standard InChI is InChI=1S/C25H23FN2O4/c1-31-19-12-18(13-20(14-19)32-10-9-29)28-24(16-5-4-6-17(26)11-16)25(30)22-15-27-23-8-3-2-7-21(22)23/h2-8,11-15,24,27-29H,9-10H2,1H3. The number of aromatic amines is 1. The Morgan fingerprint density at radius 1 is 1.09 bits per heavy atom. The predicted molar refractivity (Wildman–Crippen MR) is 121 cm³/mol. The average molecular weight is 434 g/mol. The predicted octanol–water partition coefficient (Wildman–Crippen LogP) is 4.72. The van der Waals surface area contributed by atoms with E-state index >= 15 is 0 Å². The van der Waals surface area contributed by atoms with E-state index < -0.39 is 11.9 Å². The molecule has 164 valence electrons. The minimum atomic E-state index is -0.859. The maximum absolute atomic E-state index is 14.0. The lowest BCUT2D eigenvalue weighted by atomic mass is 9.96. The van der Waals surface area contributed by atoms with E-state index in [0.717, 1.165) is 10.9 Å². The van der Waals surface area contributed by atoms with Gasteiger partial charge in [0.15, 0.2) is 5.78 Å². The molecule has 6 nitrogen and oxygen atoms in total. The maximum atomic E-state index is 14.0. The average Bonchev–Trinajstić information content (AvgIpc) is 3.25. The number of benzene rings is 3. The molecule has 1 unspecified atom stereocenters. The molecule has 4 rings (SSSR count). The van der Waals surface area contributed by atoms with Crippen LogP contribution in [0.3, 0.4) is 0 Å². The molecule has 3 N–H and O–H groups in total. The third-order valence-corrected chi connectivity index (χ3v) is 5.09. The zero-order valence-electron chi connectivity index (χ0n) is 17.5. The van der Waals surface area contributed by atoms with Gasteiger partial charge in [-0.05, 0) is 23.8 Å². The molecule has 1 atom stereocenters. The fourth-order valence-corrected chi connectivity index (χ4v) is 3.60. The number of aromatic nitrogens is 1. The summed E-state index contributed by atoms with van der Waals surface area (Å²) in [5.74, 6) is 0.339. The van der Waals surface area contributed by atoms with Crippen molar-refractivity contribution < 1.29 is 23.8 Å². The Labute approximate surface area is 184 Å². The van der Waals surface area contributed by atoms with Gasteiger partial charge in [0.1, 0.15) is 30.0 Å². The number of fused-ring (bicyclic) bond motifs is 1. The number of ether oxygens (including phenoxy) is 2. The van der Waals surface area contributed by atoms with Gasteiger partial charge in [0.05, 0.1) is 13.7 Å². The second-order valence-corrected chi connectivity index (χ2v) is 7.21. The van der Waals surface area contributed by atoms with E-state index in [1.807, 2.05) is 24.3 Å². The Hall–Kier alpha value is -3.84. The van der Waals surface area contributed by atoms with Gasteiger partial charge in [-0.15, -0.1) is 0 Å². The number of halogens is 1. The molecule has 0 bridgehead atoms. The van der Waals surface area contributed by atoms with Gasteiger partial charge in [-0.2, -0.15) is 0 Å². The van der Waals surface area contributed by atoms with Crippen molar-refractivity contribution in [3.8, 4) is 11.5 Å². The summed E-state index contributed by atoms with van der Waals surface area (Å²) < 4.78 is 24.9. The smallest absolute Gasteiger partial charge is 0.191 e. The summed E-state index contributed by atoms with van der Waals surface area (Å²) in [6.45, 7) is -0.0147. The molecule has 0 saturated carbocycles. The Bertz CT molecular complexity index is 1240. The van der Waals surface area contributed by atoms with Crippen LogP contribution in [0.25, 0.3) is 10.9 Å². The molecule has 0 aliphatic rings. The molecule has 0 amide bonds. The van der Waals surface area contributed by atoms with E-state index in [2.05, 4.69) is 10.3 Å². The fourth-order valence-electron chi connectivity index (χ4n) is 3.60. The first-order chi connectivity index (χ1) is 15.6. The van der Waals surface area contributed by atoms with Crippen molar-refractivity contribution in [2.75, 3.05) is 25.6 Å². The normalized spacial score (nSPS) is 11.8. The third kappa shape index (κ3) is 4.58. The Morgan fingerprint density at radius 2 is 1.91 bits per heavy atom. The zero-order valence-corrected chi connectivity index (χ0v) is 17.5. The molecule has 3 aromatic carbocycles. The monoisotopic (exact) mass is 434 g/mol. The molecule has 32 heavy (non-hydrogen) atoms. The lowest BCUT2D eigenvalue weighted by Crippen LogP contribution is -2.21. The number of rotatable bonds is 9. The maximum Gasteiger partial charge on any atom is 0.191 e. The van der Waals surface area contributed by atoms with Gasteiger partial charge in [0.25, 0.3) is 0 Å². The highest BCUT2D eigenvalue weighted by Crippen LogP contribution is 2.32. The highest BCUT2D eigenvalue weighted by Gasteiger charge is 2.25. The van der Waals surface area contributed by atoms with E-state index in [4.69, 9.17) is 14.6 Å². The quantitative estimate of drug-likeness (QED) is 0.332. The van der Waals surface area contributed by atoms with Crippen LogP contribution in [0.15, 0.2) is 72.9 Å². The third-order valence-electron chi connectivity index (χ3n) is 5.09. The van der Waals surface area contributed by atoms with E-state index in [1.54, 1.807) is 36.5 Å².